The second kappa shape index (κ2) is 8.31. The van der Waals surface area contributed by atoms with Crippen LogP contribution in [0.5, 0.6) is 0 Å². The fraction of sp³-hybridized carbons (Fsp3) is 0.786. The molecule has 0 rings (SSSR count). The highest BCUT2D eigenvalue weighted by molar-refractivity contribution is 14.1. The van der Waals surface area contributed by atoms with Crippen molar-refractivity contribution in [3.8, 4) is 0 Å². The minimum absolute atomic E-state index is 0.0424. The summed E-state index contributed by atoms with van der Waals surface area (Å²) in [6, 6.07) is 0.175. The predicted octanol–water partition coefficient (Wildman–Crippen LogP) is 2.75. The van der Waals surface area contributed by atoms with E-state index < -0.39 is 12.2 Å². The van der Waals surface area contributed by atoms with E-state index in [0.717, 1.165) is 6.42 Å². The van der Waals surface area contributed by atoms with Crippen LogP contribution in [0.25, 0.3) is 0 Å². The van der Waals surface area contributed by atoms with Gasteiger partial charge in [-0.2, -0.15) is 0 Å². The number of hydrogen-bond donors (Lipinski definition) is 1. The number of hydrogen-bond acceptors (Lipinski definition) is 5. The molecule has 1 unspecified atom stereocenters. The Bertz CT molecular complexity index is 342. The monoisotopic (exact) mass is 398 g/mol. The molecule has 5 nitrogen and oxygen atoms in total. The maximum Gasteiger partial charge on any atom is 0.337 e. The van der Waals surface area contributed by atoms with Gasteiger partial charge in [-0.05, 0) is 18.8 Å². The molecule has 0 radical (unpaired) electrons. The molecule has 20 heavy (non-hydrogen) atoms. The Morgan fingerprint density at radius 3 is 2.35 bits per heavy atom. The molecule has 0 aliphatic carbocycles. The number of rotatable bonds is 7. The van der Waals surface area contributed by atoms with Crippen LogP contribution >= 0.6 is 22.9 Å². The van der Waals surface area contributed by atoms with E-state index in [4.69, 9.17) is 4.74 Å². The van der Waals surface area contributed by atoms with Crippen molar-refractivity contribution in [2.24, 2.45) is 5.41 Å². The van der Waals surface area contributed by atoms with Gasteiger partial charge in [0.2, 0.25) is 0 Å². The first-order valence-electron chi connectivity index (χ1n) is 6.75. The van der Waals surface area contributed by atoms with Crippen molar-refractivity contribution in [2.45, 2.75) is 53.3 Å². The molecule has 0 amide bonds. The number of hydrazine groups is 1. The van der Waals surface area contributed by atoms with E-state index in [9.17, 15) is 9.90 Å². The lowest BCUT2D eigenvalue weighted by Gasteiger charge is -2.40. The largest absolute Gasteiger partial charge is 0.462 e. The van der Waals surface area contributed by atoms with E-state index in [1.807, 2.05) is 41.8 Å². The maximum absolute atomic E-state index is 11.7. The van der Waals surface area contributed by atoms with Crippen LogP contribution in [0.3, 0.4) is 0 Å². The number of halogens is 1. The molecule has 0 saturated carbocycles. The number of nitrogens with zero attached hydrogens (tertiary/aromatic N) is 2. The Morgan fingerprint density at radius 2 is 1.95 bits per heavy atom. The Balaban J connectivity index is 4.72. The molecule has 0 aromatic carbocycles. The quantitative estimate of drug-likeness (QED) is 0.179. The molecule has 0 bridgehead atoms. The average molecular weight is 398 g/mol. The summed E-state index contributed by atoms with van der Waals surface area (Å²) in [6.45, 7) is 14.3. The minimum atomic E-state index is -1.10. The lowest BCUT2D eigenvalue weighted by molar-refractivity contribution is -0.142. The molecule has 0 spiro atoms. The van der Waals surface area contributed by atoms with Gasteiger partial charge in [-0.3, -0.25) is 0 Å². The van der Waals surface area contributed by atoms with Gasteiger partial charge in [0.25, 0.3) is 0 Å². The van der Waals surface area contributed by atoms with Gasteiger partial charge in [-0.15, -0.1) is 3.22 Å². The minimum Gasteiger partial charge on any atom is -0.462 e. The first-order chi connectivity index (χ1) is 9.03. The topological polar surface area (TPSA) is 53.0 Å². The van der Waals surface area contributed by atoms with Crippen molar-refractivity contribution >= 4 is 28.8 Å². The third-order valence-corrected chi connectivity index (χ3v) is 4.54. The summed E-state index contributed by atoms with van der Waals surface area (Å²) in [6.07, 6.45) is -0.362. The van der Waals surface area contributed by atoms with E-state index in [1.54, 1.807) is 3.22 Å². The van der Waals surface area contributed by atoms with E-state index >= 15 is 0 Å². The van der Waals surface area contributed by atoms with Crippen LogP contribution in [0.15, 0.2) is 12.2 Å². The molecule has 0 aliphatic rings. The van der Waals surface area contributed by atoms with Crippen molar-refractivity contribution in [3.63, 3.8) is 0 Å². The van der Waals surface area contributed by atoms with Crippen LogP contribution in [0.2, 0.25) is 0 Å². The van der Waals surface area contributed by atoms with E-state index in [2.05, 4.69) is 34.3 Å². The highest BCUT2D eigenvalue weighted by atomic mass is 127. The molecule has 1 N–H and O–H groups in total. The highest BCUT2D eigenvalue weighted by Crippen LogP contribution is 2.27. The fourth-order valence-corrected chi connectivity index (χ4v) is 2.13. The zero-order chi connectivity index (χ0) is 16.1. The van der Waals surface area contributed by atoms with Crippen LogP contribution in [0.1, 0.15) is 41.0 Å². The molecule has 0 aliphatic heterocycles. The van der Waals surface area contributed by atoms with Crippen molar-refractivity contribution in [2.75, 3.05) is 13.7 Å². The van der Waals surface area contributed by atoms with Crippen molar-refractivity contribution < 1.29 is 14.6 Å². The maximum atomic E-state index is 11.7. The summed E-state index contributed by atoms with van der Waals surface area (Å²) < 4.78 is 6.56. The number of aliphatic hydroxyl groups is 1. The third-order valence-electron chi connectivity index (χ3n) is 3.33. The van der Waals surface area contributed by atoms with Crippen molar-refractivity contribution in [3.05, 3.63) is 12.2 Å². The predicted molar refractivity (Wildman–Crippen MR) is 88.9 cm³/mol. The van der Waals surface area contributed by atoms with Gasteiger partial charge < -0.3 is 9.84 Å². The number of aliphatic hydroxyl groups excluding tert-OH is 1. The molecule has 118 valence electrons. The summed E-state index contributed by atoms with van der Waals surface area (Å²) in [5.41, 5.74) is 0.0860. The number of carbonyl (C=O) groups is 1. The van der Waals surface area contributed by atoms with Crippen LogP contribution in [0.4, 0.5) is 0 Å². The molecule has 0 saturated heterocycles. The normalized spacial score (nSPS) is 15.3. The molecule has 0 aromatic rings. The van der Waals surface area contributed by atoms with Crippen molar-refractivity contribution in [1.82, 2.24) is 8.23 Å². The molecule has 0 fully saturated rings. The Morgan fingerprint density at radius 1 is 1.45 bits per heavy atom. The molecular formula is C14H27IN2O3. The number of ether oxygens (including phenoxy) is 1. The Labute approximate surface area is 136 Å². The molecule has 0 aromatic heterocycles. The first-order valence-corrected chi connectivity index (χ1v) is 7.72. The summed E-state index contributed by atoms with van der Waals surface area (Å²) in [5, 5.41) is 12.1. The standard InChI is InChI=1S/C14H27IN2O3/c1-8-9-20-13(19)10(2)12(18)17(15)16(7)11(3)14(4,5)6/h11-12,18H,2,8-9H2,1,3-7H3/t11-,12?/m1/s1. The van der Waals surface area contributed by atoms with E-state index in [-0.39, 0.29) is 17.0 Å². The number of carbonyl (C=O) groups excluding carboxylic acids is 1. The van der Waals surface area contributed by atoms with Gasteiger partial charge in [-0.1, -0.05) is 34.3 Å². The van der Waals surface area contributed by atoms with E-state index in [0.29, 0.717) is 6.61 Å². The lowest BCUT2D eigenvalue weighted by Crippen LogP contribution is -2.50. The molecular weight excluding hydrogens is 371 g/mol. The average Bonchev–Trinajstić information content (AvgIpc) is 2.39. The molecule has 6 heteroatoms. The summed E-state index contributed by atoms with van der Waals surface area (Å²) in [4.78, 5) is 11.7. The zero-order valence-electron chi connectivity index (χ0n) is 13.3. The van der Waals surface area contributed by atoms with Gasteiger partial charge in [-0.25, -0.2) is 9.80 Å². The number of esters is 1. The van der Waals surface area contributed by atoms with Gasteiger partial charge in [0.05, 0.1) is 12.2 Å². The fourth-order valence-electron chi connectivity index (χ4n) is 1.42. The summed E-state index contributed by atoms with van der Waals surface area (Å²) in [7, 11) is 1.87. The highest BCUT2D eigenvalue weighted by Gasteiger charge is 2.32. The third kappa shape index (κ3) is 5.67. The smallest absolute Gasteiger partial charge is 0.337 e. The van der Waals surface area contributed by atoms with Crippen LogP contribution in [0, 0.1) is 5.41 Å². The SMILES string of the molecule is C=C(C(=O)OCCC)C(O)N(I)N(C)[C@H](C)C(C)(C)C. The van der Waals surface area contributed by atoms with Crippen LogP contribution < -0.4 is 0 Å². The summed E-state index contributed by atoms with van der Waals surface area (Å²) in [5.74, 6) is -0.558. The zero-order valence-corrected chi connectivity index (χ0v) is 15.5. The van der Waals surface area contributed by atoms with E-state index in [1.165, 1.54) is 0 Å². The van der Waals surface area contributed by atoms with Crippen molar-refractivity contribution in [1.29, 1.82) is 0 Å². The van der Waals surface area contributed by atoms with Gasteiger partial charge >= 0.3 is 5.97 Å². The van der Waals surface area contributed by atoms with Crippen LogP contribution in [-0.2, 0) is 9.53 Å². The second-order valence-corrected chi connectivity index (χ2v) is 6.93. The molecule has 0 heterocycles. The van der Waals surface area contributed by atoms with Gasteiger partial charge in [0, 0.05) is 36.0 Å². The van der Waals surface area contributed by atoms with Gasteiger partial charge in [0.15, 0.2) is 6.23 Å². The second-order valence-electron chi connectivity index (χ2n) is 5.94. The first kappa shape index (κ1) is 19.8. The Kier molecular flexibility index (Phi) is 8.23. The Hall–Kier alpha value is -0.180. The molecule has 2 atom stereocenters. The summed E-state index contributed by atoms with van der Waals surface area (Å²) >= 11 is 1.98. The van der Waals surface area contributed by atoms with Crippen LogP contribution in [-0.4, -0.2) is 45.2 Å². The lowest BCUT2D eigenvalue weighted by atomic mass is 9.88. The van der Waals surface area contributed by atoms with Gasteiger partial charge in [0.1, 0.15) is 0 Å².